The van der Waals surface area contributed by atoms with Gasteiger partial charge in [0.2, 0.25) is 0 Å². The van der Waals surface area contributed by atoms with E-state index in [1.165, 1.54) is 7.05 Å². The first-order valence-electron chi connectivity index (χ1n) is 2.71. The van der Waals surface area contributed by atoms with Gasteiger partial charge in [-0.1, -0.05) is 0 Å². The molecule has 0 aliphatic carbocycles. The molecule has 0 heterocycles. The fourth-order valence-corrected chi connectivity index (χ4v) is 0.291. The SMILES string of the molecule is CCOC(=O)N(C)CO. The van der Waals surface area contributed by atoms with E-state index in [-0.39, 0.29) is 6.73 Å². The molecule has 0 aromatic heterocycles. The van der Waals surface area contributed by atoms with Crippen molar-refractivity contribution in [2.75, 3.05) is 20.4 Å². The van der Waals surface area contributed by atoms with Gasteiger partial charge in [-0.2, -0.15) is 0 Å². The van der Waals surface area contributed by atoms with Crippen LogP contribution >= 0.6 is 0 Å². The molecule has 0 radical (unpaired) electrons. The Morgan fingerprint density at radius 1 is 1.78 bits per heavy atom. The van der Waals surface area contributed by atoms with Crippen molar-refractivity contribution in [2.45, 2.75) is 6.92 Å². The number of aliphatic hydroxyl groups is 1. The number of amides is 1. The number of ether oxygens (including phenoxy) is 1. The second-order valence-electron chi connectivity index (χ2n) is 1.54. The molecule has 0 saturated heterocycles. The zero-order chi connectivity index (χ0) is 7.28. The Kier molecular flexibility index (Phi) is 3.79. The Hall–Kier alpha value is -0.770. The van der Waals surface area contributed by atoms with E-state index in [2.05, 4.69) is 4.74 Å². The van der Waals surface area contributed by atoms with Gasteiger partial charge in [0.1, 0.15) is 6.73 Å². The molecule has 1 amide bonds. The normalized spacial score (nSPS) is 8.78. The number of carbonyl (C=O) groups excluding carboxylic acids is 1. The van der Waals surface area contributed by atoms with Gasteiger partial charge in [0.15, 0.2) is 0 Å². The highest BCUT2D eigenvalue weighted by atomic mass is 16.6. The van der Waals surface area contributed by atoms with Crippen molar-refractivity contribution in [3.8, 4) is 0 Å². The molecule has 4 heteroatoms. The molecule has 0 saturated carbocycles. The molecule has 1 N–H and O–H groups in total. The Labute approximate surface area is 54.0 Å². The summed E-state index contributed by atoms with van der Waals surface area (Å²) in [5, 5.41) is 8.36. The van der Waals surface area contributed by atoms with Crippen LogP contribution in [-0.2, 0) is 4.74 Å². The van der Waals surface area contributed by atoms with Crippen LogP contribution in [0.3, 0.4) is 0 Å². The molecule has 0 aromatic carbocycles. The quantitative estimate of drug-likeness (QED) is 0.540. The van der Waals surface area contributed by atoms with E-state index >= 15 is 0 Å². The zero-order valence-electron chi connectivity index (χ0n) is 5.63. The van der Waals surface area contributed by atoms with E-state index < -0.39 is 6.09 Å². The fourth-order valence-electron chi connectivity index (χ4n) is 0.291. The summed E-state index contributed by atoms with van der Waals surface area (Å²) in [6, 6.07) is 0. The number of rotatable bonds is 2. The van der Waals surface area contributed by atoms with Crippen LogP contribution < -0.4 is 0 Å². The number of hydrogen-bond acceptors (Lipinski definition) is 3. The van der Waals surface area contributed by atoms with Crippen molar-refractivity contribution >= 4 is 6.09 Å². The fraction of sp³-hybridized carbons (Fsp3) is 0.800. The summed E-state index contributed by atoms with van der Waals surface area (Å²) >= 11 is 0. The van der Waals surface area contributed by atoms with Crippen LogP contribution in [0.1, 0.15) is 6.92 Å². The lowest BCUT2D eigenvalue weighted by atomic mass is 10.8. The van der Waals surface area contributed by atoms with Crippen LogP contribution in [0, 0.1) is 0 Å². The van der Waals surface area contributed by atoms with Gasteiger partial charge in [-0.15, -0.1) is 0 Å². The molecule has 9 heavy (non-hydrogen) atoms. The first-order valence-corrected chi connectivity index (χ1v) is 2.71. The summed E-state index contributed by atoms with van der Waals surface area (Å²) < 4.78 is 4.52. The monoisotopic (exact) mass is 133 g/mol. The number of aliphatic hydroxyl groups excluding tert-OH is 1. The molecule has 0 rings (SSSR count). The summed E-state index contributed by atoms with van der Waals surface area (Å²) in [6.07, 6.45) is -0.500. The third-order valence-corrected chi connectivity index (χ3v) is 0.792. The molecule has 0 fully saturated rings. The van der Waals surface area contributed by atoms with Crippen LogP contribution in [0.2, 0.25) is 0 Å². The first-order chi connectivity index (χ1) is 4.22. The van der Waals surface area contributed by atoms with Gasteiger partial charge in [-0.05, 0) is 6.92 Å². The van der Waals surface area contributed by atoms with Crippen LogP contribution in [0.5, 0.6) is 0 Å². The maximum atomic E-state index is 10.5. The molecule has 0 aliphatic heterocycles. The molecule has 0 aliphatic rings. The lowest BCUT2D eigenvalue weighted by molar-refractivity contribution is 0.0784. The van der Waals surface area contributed by atoms with Crippen LogP contribution in [0.4, 0.5) is 4.79 Å². The molecule has 0 spiro atoms. The number of carbonyl (C=O) groups is 1. The van der Waals surface area contributed by atoms with E-state index in [1.807, 2.05) is 0 Å². The Morgan fingerprint density at radius 3 is 2.67 bits per heavy atom. The average molecular weight is 133 g/mol. The molecule has 0 aromatic rings. The third-order valence-electron chi connectivity index (χ3n) is 0.792. The number of nitrogens with zero attached hydrogens (tertiary/aromatic N) is 1. The molecule has 54 valence electrons. The van der Waals surface area contributed by atoms with E-state index in [0.29, 0.717) is 6.61 Å². The minimum Gasteiger partial charge on any atom is -0.450 e. The highest BCUT2D eigenvalue weighted by molar-refractivity contribution is 5.66. The van der Waals surface area contributed by atoms with Crippen LogP contribution in [-0.4, -0.2) is 36.5 Å². The van der Waals surface area contributed by atoms with Gasteiger partial charge in [-0.3, -0.25) is 4.90 Å². The van der Waals surface area contributed by atoms with Gasteiger partial charge in [0.25, 0.3) is 0 Å². The standard InChI is InChI=1S/C5H11NO3/c1-3-9-5(8)6(2)4-7/h7H,3-4H2,1-2H3. The van der Waals surface area contributed by atoms with E-state index in [1.54, 1.807) is 6.92 Å². The zero-order valence-corrected chi connectivity index (χ0v) is 5.63. The molecule has 0 atom stereocenters. The Morgan fingerprint density at radius 2 is 2.33 bits per heavy atom. The largest absolute Gasteiger partial charge is 0.450 e. The van der Waals surface area contributed by atoms with Gasteiger partial charge >= 0.3 is 6.09 Å². The van der Waals surface area contributed by atoms with E-state index in [4.69, 9.17) is 5.11 Å². The maximum absolute atomic E-state index is 10.5. The van der Waals surface area contributed by atoms with Gasteiger partial charge < -0.3 is 9.84 Å². The summed E-state index contributed by atoms with van der Waals surface area (Å²) in [6.45, 7) is 1.74. The second kappa shape index (κ2) is 4.14. The van der Waals surface area contributed by atoms with Gasteiger partial charge in [0, 0.05) is 7.05 Å². The van der Waals surface area contributed by atoms with Gasteiger partial charge in [-0.25, -0.2) is 4.79 Å². The van der Waals surface area contributed by atoms with Crippen molar-refractivity contribution in [2.24, 2.45) is 0 Å². The van der Waals surface area contributed by atoms with Crippen molar-refractivity contribution in [1.29, 1.82) is 0 Å². The van der Waals surface area contributed by atoms with Crippen molar-refractivity contribution in [3.05, 3.63) is 0 Å². The van der Waals surface area contributed by atoms with E-state index in [0.717, 1.165) is 4.90 Å². The predicted molar refractivity (Wildman–Crippen MR) is 31.9 cm³/mol. The van der Waals surface area contributed by atoms with Crippen LogP contribution in [0.15, 0.2) is 0 Å². The Bertz CT molecular complexity index is 94.2. The smallest absolute Gasteiger partial charge is 0.411 e. The second-order valence-corrected chi connectivity index (χ2v) is 1.54. The molecule has 4 nitrogen and oxygen atoms in total. The van der Waals surface area contributed by atoms with Gasteiger partial charge in [0.05, 0.1) is 6.61 Å². The first kappa shape index (κ1) is 8.23. The lowest BCUT2D eigenvalue weighted by Gasteiger charge is -2.11. The topological polar surface area (TPSA) is 49.8 Å². The summed E-state index contributed by atoms with van der Waals surface area (Å²) in [5.74, 6) is 0. The van der Waals surface area contributed by atoms with Crippen molar-refractivity contribution in [3.63, 3.8) is 0 Å². The highest BCUT2D eigenvalue weighted by Gasteiger charge is 2.04. The predicted octanol–water partition coefficient (Wildman–Crippen LogP) is 0.0245. The third kappa shape index (κ3) is 2.92. The van der Waals surface area contributed by atoms with Crippen LogP contribution in [0.25, 0.3) is 0 Å². The Balaban J connectivity index is 3.46. The summed E-state index contributed by atoms with van der Waals surface area (Å²) in [7, 11) is 1.46. The number of hydrogen-bond donors (Lipinski definition) is 1. The summed E-state index contributed by atoms with van der Waals surface area (Å²) in [5.41, 5.74) is 0. The molecular weight excluding hydrogens is 122 g/mol. The minimum absolute atomic E-state index is 0.307. The summed E-state index contributed by atoms with van der Waals surface area (Å²) in [4.78, 5) is 11.6. The van der Waals surface area contributed by atoms with E-state index in [9.17, 15) is 4.79 Å². The maximum Gasteiger partial charge on any atom is 0.411 e. The average Bonchev–Trinajstić information content (AvgIpc) is 1.87. The van der Waals surface area contributed by atoms with Crippen molar-refractivity contribution in [1.82, 2.24) is 4.90 Å². The highest BCUT2D eigenvalue weighted by Crippen LogP contribution is 1.85. The minimum atomic E-state index is -0.500. The molecule has 0 unspecified atom stereocenters. The van der Waals surface area contributed by atoms with Crippen molar-refractivity contribution < 1.29 is 14.6 Å². The molecular formula is C5H11NO3. The lowest BCUT2D eigenvalue weighted by Crippen LogP contribution is -2.28. The molecule has 0 bridgehead atoms.